The zero-order valence-corrected chi connectivity index (χ0v) is 12.6. The molecule has 4 nitrogen and oxygen atoms in total. The molecule has 1 aliphatic heterocycles. The van der Waals surface area contributed by atoms with Gasteiger partial charge in [-0.1, -0.05) is 15.9 Å². The van der Waals surface area contributed by atoms with Crippen molar-refractivity contribution >= 4 is 26.8 Å². The lowest BCUT2D eigenvalue weighted by atomic mass is 10.2. The van der Waals surface area contributed by atoms with Crippen LogP contribution in [0.4, 0.5) is 0 Å². The molecule has 0 saturated carbocycles. The molecule has 0 bridgehead atoms. The summed E-state index contributed by atoms with van der Waals surface area (Å²) in [7, 11) is 3.91. The van der Waals surface area contributed by atoms with Crippen LogP contribution < -0.4 is 5.56 Å². The molecule has 0 N–H and O–H groups in total. The minimum absolute atomic E-state index is 0.0350. The Morgan fingerprint density at radius 2 is 2.16 bits per heavy atom. The normalized spacial score (nSPS) is 20.3. The predicted molar refractivity (Wildman–Crippen MR) is 79.3 cm³/mol. The van der Waals surface area contributed by atoms with Crippen molar-refractivity contribution in [3.63, 3.8) is 0 Å². The Labute approximate surface area is 120 Å². The Kier molecular flexibility index (Phi) is 3.19. The summed E-state index contributed by atoms with van der Waals surface area (Å²) in [5.41, 5.74) is 0.806. The first kappa shape index (κ1) is 12.8. The second-order valence-corrected chi connectivity index (χ2v) is 6.05. The molecule has 2 heterocycles. The zero-order chi connectivity index (χ0) is 13.6. The van der Waals surface area contributed by atoms with Gasteiger partial charge in [0.1, 0.15) is 5.82 Å². The standard InChI is InChI=1S/C14H16BrN3O/c1-17-7-3-4-12(17)13-16-11-8-9(15)5-6-10(11)14(19)18(13)2/h5-6,8,12H,3-4,7H2,1-2H3. The lowest BCUT2D eigenvalue weighted by molar-refractivity contribution is 0.298. The number of hydrogen-bond donors (Lipinski definition) is 0. The van der Waals surface area contributed by atoms with E-state index in [2.05, 4.69) is 27.9 Å². The second kappa shape index (κ2) is 4.72. The van der Waals surface area contributed by atoms with Gasteiger partial charge in [-0.15, -0.1) is 0 Å². The summed E-state index contributed by atoms with van der Waals surface area (Å²) in [6.07, 6.45) is 2.23. The van der Waals surface area contributed by atoms with Gasteiger partial charge in [0, 0.05) is 11.5 Å². The molecule has 0 aliphatic carbocycles. The highest BCUT2D eigenvalue weighted by atomic mass is 79.9. The Morgan fingerprint density at radius 1 is 1.37 bits per heavy atom. The van der Waals surface area contributed by atoms with Gasteiger partial charge in [0.05, 0.1) is 16.9 Å². The predicted octanol–water partition coefficient (Wildman–Crippen LogP) is 2.46. The van der Waals surface area contributed by atoms with Crippen molar-refractivity contribution in [3.05, 3.63) is 38.9 Å². The van der Waals surface area contributed by atoms with Crippen LogP contribution in [0.25, 0.3) is 10.9 Å². The summed E-state index contributed by atoms with van der Waals surface area (Å²) in [5.74, 6) is 0.871. The van der Waals surface area contributed by atoms with Gasteiger partial charge >= 0.3 is 0 Å². The Bertz CT molecular complexity index is 695. The average molecular weight is 322 g/mol. The van der Waals surface area contributed by atoms with Gasteiger partial charge in [0.25, 0.3) is 5.56 Å². The number of halogens is 1. The molecule has 5 heteroatoms. The van der Waals surface area contributed by atoms with Gasteiger partial charge < -0.3 is 0 Å². The van der Waals surface area contributed by atoms with E-state index in [9.17, 15) is 4.79 Å². The molecule has 2 aromatic rings. The molecule has 1 aromatic carbocycles. The van der Waals surface area contributed by atoms with Crippen LogP contribution >= 0.6 is 15.9 Å². The van der Waals surface area contributed by atoms with E-state index in [1.54, 1.807) is 4.57 Å². The highest BCUT2D eigenvalue weighted by molar-refractivity contribution is 9.10. The van der Waals surface area contributed by atoms with E-state index in [0.717, 1.165) is 35.2 Å². The van der Waals surface area contributed by atoms with Crippen molar-refractivity contribution in [2.45, 2.75) is 18.9 Å². The summed E-state index contributed by atoms with van der Waals surface area (Å²) < 4.78 is 2.65. The van der Waals surface area contributed by atoms with Crippen LogP contribution in [-0.4, -0.2) is 28.0 Å². The van der Waals surface area contributed by atoms with E-state index in [0.29, 0.717) is 5.39 Å². The van der Waals surface area contributed by atoms with Crippen LogP contribution in [0.2, 0.25) is 0 Å². The molecule has 0 radical (unpaired) electrons. The Balaban J connectivity index is 2.25. The van der Waals surface area contributed by atoms with Gasteiger partial charge in [-0.05, 0) is 44.6 Å². The van der Waals surface area contributed by atoms with Crippen LogP contribution in [0.5, 0.6) is 0 Å². The van der Waals surface area contributed by atoms with E-state index >= 15 is 0 Å². The fraction of sp³-hybridized carbons (Fsp3) is 0.429. The molecular formula is C14H16BrN3O. The molecule has 1 fully saturated rings. The van der Waals surface area contributed by atoms with E-state index in [1.807, 2.05) is 25.2 Å². The summed E-state index contributed by atoms with van der Waals surface area (Å²) in [6.45, 7) is 1.07. The fourth-order valence-electron chi connectivity index (χ4n) is 2.80. The molecule has 3 rings (SSSR count). The maximum Gasteiger partial charge on any atom is 0.261 e. The van der Waals surface area contributed by atoms with E-state index in [-0.39, 0.29) is 11.6 Å². The highest BCUT2D eigenvalue weighted by Crippen LogP contribution is 2.29. The number of benzene rings is 1. The van der Waals surface area contributed by atoms with Gasteiger partial charge in [-0.3, -0.25) is 14.3 Å². The van der Waals surface area contributed by atoms with Crippen molar-refractivity contribution < 1.29 is 0 Å². The lowest BCUT2D eigenvalue weighted by Crippen LogP contribution is -2.28. The first-order valence-electron chi connectivity index (χ1n) is 6.44. The van der Waals surface area contributed by atoms with Crippen LogP contribution in [0, 0.1) is 0 Å². The van der Waals surface area contributed by atoms with Crippen molar-refractivity contribution in [1.29, 1.82) is 0 Å². The minimum Gasteiger partial charge on any atom is -0.298 e. The average Bonchev–Trinajstić information content (AvgIpc) is 2.80. The summed E-state index contributed by atoms with van der Waals surface area (Å²) >= 11 is 3.44. The molecule has 1 aromatic heterocycles. The SMILES string of the molecule is CN1CCCC1c1nc2cc(Br)ccc2c(=O)n1C. The van der Waals surface area contributed by atoms with E-state index in [1.165, 1.54) is 0 Å². The third kappa shape index (κ3) is 2.11. The van der Waals surface area contributed by atoms with Crippen LogP contribution in [0.3, 0.4) is 0 Å². The third-order valence-electron chi connectivity index (χ3n) is 3.89. The van der Waals surface area contributed by atoms with Crippen LogP contribution in [-0.2, 0) is 7.05 Å². The number of hydrogen-bond acceptors (Lipinski definition) is 3. The van der Waals surface area contributed by atoms with Gasteiger partial charge in [-0.2, -0.15) is 0 Å². The first-order valence-corrected chi connectivity index (χ1v) is 7.23. The number of fused-ring (bicyclic) bond motifs is 1. The maximum atomic E-state index is 12.4. The van der Waals surface area contributed by atoms with E-state index < -0.39 is 0 Å². The van der Waals surface area contributed by atoms with Crippen LogP contribution in [0.15, 0.2) is 27.5 Å². The van der Waals surface area contributed by atoms with Crippen molar-refractivity contribution in [2.75, 3.05) is 13.6 Å². The van der Waals surface area contributed by atoms with Crippen molar-refractivity contribution in [3.8, 4) is 0 Å². The first-order chi connectivity index (χ1) is 9.08. The van der Waals surface area contributed by atoms with Gasteiger partial charge in [0.15, 0.2) is 0 Å². The number of rotatable bonds is 1. The summed E-state index contributed by atoms with van der Waals surface area (Å²) in [5, 5.41) is 0.676. The molecule has 1 saturated heterocycles. The summed E-state index contributed by atoms with van der Waals surface area (Å²) in [4.78, 5) is 19.4. The molecule has 100 valence electrons. The van der Waals surface area contributed by atoms with E-state index in [4.69, 9.17) is 4.98 Å². The number of nitrogens with zero attached hydrogens (tertiary/aromatic N) is 3. The molecular weight excluding hydrogens is 306 g/mol. The molecule has 19 heavy (non-hydrogen) atoms. The number of aromatic nitrogens is 2. The second-order valence-electron chi connectivity index (χ2n) is 5.13. The number of likely N-dealkylation sites (tertiary alicyclic amines) is 1. The largest absolute Gasteiger partial charge is 0.298 e. The van der Waals surface area contributed by atoms with Crippen molar-refractivity contribution in [1.82, 2.24) is 14.5 Å². The Morgan fingerprint density at radius 3 is 2.84 bits per heavy atom. The molecule has 0 spiro atoms. The van der Waals surface area contributed by atoms with Gasteiger partial charge in [-0.25, -0.2) is 4.98 Å². The van der Waals surface area contributed by atoms with Crippen molar-refractivity contribution in [2.24, 2.45) is 7.05 Å². The molecule has 1 atom stereocenters. The smallest absolute Gasteiger partial charge is 0.261 e. The minimum atomic E-state index is 0.0350. The third-order valence-corrected chi connectivity index (χ3v) is 4.39. The van der Waals surface area contributed by atoms with Crippen LogP contribution in [0.1, 0.15) is 24.7 Å². The summed E-state index contributed by atoms with van der Waals surface area (Å²) in [6, 6.07) is 5.87. The molecule has 0 amide bonds. The molecule has 1 aliphatic rings. The maximum absolute atomic E-state index is 12.4. The fourth-order valence-corrected chi connectivity index (χ4v) is 3.14. The topological polar surface area (TPSA) is 38.1 Å². The monoisotopic (exact) mass is 321 g/mol. The quantitative estimate of drug-likeness (QED) is 0.809. The Hall–Kier alpha value is -1.20. The molecule has 1 unspecified atom stereocenters. The zero-order valence-electron chi connectivity index (χ0n) is 11.1. The highest BCUT2D eigenvalue weighted by Gasteiger charge is 2.26. The van der Waals surface area contributed by atoms with Gasteiger partial charge in [0.2, 0.25) is 0 Å². The lowest BCUT2D eigenvalue weighted by Gasteiger charge is -2.21.